The zero-order valence-electron chi connectivity index (χ0n) is 9.51. The summed E-state index contributed by atoms with van der Waals surface area (Å²) >= 11 is 0. The number of aliphatic hydroxyl groups excluding tert-OH is 1. The summed E-state index contributed by atoms with van der Waals surface area (Å²) in [6, 6.07) is -0.848. The van der Waals surface area contributed by atoms with Crippen molar-refractivity contribution in [1.82, 2.24) is 4.90 Å². The molecular weight excluding hydrogens is 210 g/mol. The second kappa shape index (κ2) is 3.45. The molecule has 1 amide bonds. The fraction of sp³-hybridized carbons (Fsp3) is 0.818. The fourth-order valence-electron chi connectivity index (χ4n) is 2.38. The third-order valence-electron chi connectivity index (χ3n) is 3.66. The standard InChI is InChI=1S/C11H17NO4/c1-11(2)4-7(11)9(14)12-5-6(13)3-8(12)10(15)16/h6-8,13H,3-5H2,1-2H3,(H,15,16)/t6-,7?,8-/m0/s1. The van der Waals surface area contributed by atoms with E-state index >= 15 is 0 Å². The summed E-state index contributed by atoms with van der Waals surface area (Å²) in [5.41, 5.74) is -0.00627. The molecule has 1 saturated heterocycles. The molecule has 5 nitrogen and oxygen atoms in total. The first kappa shape index (κ1) is 11.4. The molecule has 1 aliphatic heterocycles. The highest BCUT2D eigenvalue weighted by Crippen LogP contribution is 2.52. The van der Waals surface area contributed by atoms with Crippen LogP contribution in [-0.4, -0.2) is 45.7 Å². The van der Waals surface area contributed by atoms with Gasteiger partial charge in [0.25, 0.3) is 0 Å². The molecular formula is C11H17NO4. The second-order valence-electron chi connectivity index (χ2n) is 5.48. The molecule has 1 saturated carbocycles. The Bertz CT molecular complexity index is 339. The lowest BCUT2D eigenvalue weighted by Gasteiger charge is -2.21. The number of hydrogen-bond donors (Lipinski definition) is 2. The topological polar surface area (TPSA) is 77.8 Å². The van der Waals surface area contributed by atoms with Gasteiger partial charge < -0.3 is 15.1 Å². The number of nitrogens with zero attached hydrogens (tertiary/aromatic N) is 1. The van der Waals surface area contributed by atoms with Crippen molar-refractivity contribution in [3.8, 4) is 0 Å². The van der Waals surface area contributed by atoms with E-state index < -0.39 is 18.1 Å². The lowest BCUT2D eigenvalue weighted by molar-refractivity contribution is -0.149. The molecule has 16 heavy (non-hydrogen) atoms. The number of carboxylic acids is 1. The normalized spacial score (nSPS) is 36.2. The molecule has 90 valence electrons. The fourth-order valence-corrected chi connectivity index (χ4v) is 2.38. The van der Waals surface area contributed by atoms with Gasteiger partial charge in [0.2, 0.25) is 5.91 Å². The molecule has 0 radical (unpaired) electrons. The molecule has 1 aliphatic carbocycles. The lowest BCUT2D eigenvalue weighted by Crippen LogP contribution is -2.42. The van der Waals surface area contributed by atoms with Crippen LogP contribution in [0.2, 0.25) is 0 Å². The van der Waals surface area contributed by atoms with Crippen molar-refractivity contribution in [3.05, 3.63) is 0 Å². The Balaban J connectivity index is 2.08. The zero-order valence-corrected chi connectivity index (χ0v) is 9.51. The van der Waals surface area contributed by atoms with Gasteiger partial charge in [0, 0.05) is 18.9 Å². The Morgan fingerprint density at radius 3 is 2.38 bits per heavy atom. The molecule has 2 rings (SSSR count). The summed E-state index contributed by atoms with van der Waals surface area (Å²) in [4.78, 5) is 24.3. The number of hydrogen-bond acceptors (Lipinski definition) is 3. The SMILES string of the molecule is CC1(C)CC1C(=O)N1C[C@@H](O)C[C@H]1C(=O)O. The van der Waals surface area contributed by atoms with Gasteiger partial charge in [0.15, 0.2) is 0 Å². The van der Waals surface area contributed by atoms with Crippen molar-refractivity contribution in [3.63, 3.8) is 0 Å². The Morgan fingerprint density at radius 2 is 1.94 bits per heavy atom. The molecule has 2 N–H and O–H groups in total. The number of β-amino-alcohol motifs (C(OH)–C–C–N with tert-alkyl or cyclic N) is 1. The summed E-state index contributed by atoms with van der Waals surface area (Å²) < 4.78 is 0. The number of rotatable bonds is 2. The zero-order chi connectivity index (χ0) is 12.1. The average molecular weight is 227 g/mol. The number of amides is 1. The molecule has 5 heteroatoms. The van der Waals surface area contributed by atoms with Crippen molar-refractivity contribution in [2.24, 2.45) is 11.3 Å². The van der Waals surface area contributed by atoms with Crippen LogP contribution in [0.3, 0.4) is 0 Å². The first-order valence-electron chi connectivity index (χ1n) is 5.54. The van der Waals surface area contributed by atoms with Crippen LogP contribution in [0.15, 0.2) is 0 Å². The van der Waals surface area contributed by atoms with E-state index in [2.05, 4.69) is 0 Å². The molecule has 2 aliphatic rings. The van der Waals surface area contributed by atoms with Crippen LogP contribution in [0, 0.1) is 11.3 Å². The van der Waals surface area contributed by atoms with E-state index in [1.54, 1.807) is 0 Å². The first-order chi connectivity index (χ1) is 7.33. The molecule has 3 atom stereocenters. The number of likely N-dealkylation sites (tertiary alicyclic amines) is 1. The Kier molecular flexibility index (Phi) is 2.45. The van der Waals surface area contributed by atoms with Crippen LogP contribution in [0.1, 0.15) is 26.7 Å². The van der Waals surface area contributed by atoms with Crippen LogP contribution in [-0.2, 0) is 9.59 Å². The number of carboxylic acid groups (broad SMARTS) is 1. The molecule has 2 fully saturated rings. The van der Waals surface area contributed by atoms with Crippen molar-refractivity contribution in [2.45, 2.75) is 38.8 Å². The van der Waals surface area contributed by atoms with E-state index in [0.717, 1.165) is 6.42 Å². The lowest BCUT2D eigenvalue weighted by atomic mass is 10.1. The van der Waals surface area contributed by atoms with Crippen molar-refractivity contribution >= 4 is 11.9 Å². The van der Waals surface area contributed by atoms with Gasteiger partial charge in [-0.2, -0.15) is 0 Å². The Hall–Kier alpha value is -1.10. The summed E-state index contributed by atoms with van der Waals surface area (Å²) in [5.74, 6) is -1.21. The summed E-state index contributed by atoms with van der Waals surface area (Å²) in [6.07, 6.45) is 0.255. The van der Waals surface area contributed by atoms with E-state index in [9.17, 15) is 14.7 Å². The second-order valence-corrected chi connectivity index (χ2v) is 5.48. The molecule has 1 heterocycles. The average Bonchev–Trinajstić information content (AvgIpc) is 2.62. The van der Waals surface area contributed by atoms with Crippen LogP contribution in [0.5, 0.6) is 0 Å². The van der Waals surface area contributed by atoms with Crippen molar-refractivity contribution < 1.29 is 19.8 Å². The molecule has 1 unspecified atom stereocenters. The molecule has 0 aromatic heterocycles. The summed E-state index contributed by atoms with van der Waals surface area (Å²) in [6.45, 7) is 4.15. The molecule has 0 aromatic carbocycles. The quantitative estimate of drug-likeness (QED) is 0.700. The van der Waals surface area contributed by atoms with Gasteiger partial charge in [-0.1, -0.05) is 13.8 Å². The third kappa shape index (κ3) is 1.80. The molecule has 0 aromatic rings. The highest BCUT2D eigenvalue weighted by Gasteiger charge is 2.54. The minimum atomic E-state index is -1.02. The van der Waals surface area contributed by atoms with Crippen LogP contribution >= 0.6 is 0 Å². The van der Waals surface area contributed by atoms with Crippen LogP contribution in [0.25, 0.3) is 0 Å². The Labute approximate surface area is 94.0 Å². The largest absolute Gasteiger partial charge is 0.480 e. The molecule has 0 spiro atoms. The van der Waals surface area contributed by atoms with Crippen LogP contribution < -0.4 is 0 Å². The van der Waals surface area contributed by atoms with Gasteiger partial charge in [-0.25, -0.2) is 4.79 Å². The maximum Gasteiger partial charge on any atom is 0.326 e. The minimum absolute atomic E-state index is 0.00627. The number of carbonyl (C=O) groups excluding carboxylic acids is 1. The van der Waals surface area contributed by atoms with Gasteiger partial charge in [-0.3, -0.25) is 4.79 Å². The Morgan fingerprint density at radius 1 is 1.38 bits per heavy atom. The predicted molar refractivity (Wildman–Crippen MR) is 55.6 cm³/mol. The smallest absolute Gasteiger partial charge is 0.326 e. The highest BCUT2D eigenvalue weighted by atomic mass is 16.4. The monoisotopic (exact) mass is 227 g/mol. The van der Waals surface area contributed by atoms with E-state index in [4.69, 9.17) is 5.11 Å². The van der Waals surface area contributed by atoms with Gasteiger partial charge in [-0.05, 0) is 11.8 Å². The first-order valence-corrected chi connectivity index (χ1v) is 5.54. The van der Waals surface area contributed by atoms with Gasteiger partial charge in [0.05, 0.1) is 6.10 Å². The van der Waals surface area contributed by atoms with E-state index in [-0.39, 0.29) is 30.2 Å². The number of aliphatic carboxylic acids is 1. The minimum Gasteiger partial charge on any atom is -0.480 e. The maximum absolute atomic E-state index is 12.0. The summed E-state index contributed by atoms with van der Waals surface area (Å²) in [5, 5.41) is 18.4. The van der Waals surface area contributed by atoms with Crippen molar-refractivity contribution in [2.75, 3.05) is 6.54 Å². The third-order valence-corrected chi connectivity index (χ3v) is 3.66. The van der Waals surface area contributed by atoms with Gasteiger partial charge >= 0.3 is 5.97 Å². The number of aliphatic hydroxyl groups is 1. The van der Waals surface area contributed by atoms with Gasteiger partial charge in [-0.15, -0.1) is 0 Å². The predicted octanol–water partition coefficient (Wildman–Crippen LogP) is 0.0789. The van der Waals surface area contributed by atoms with Crippen LogP contribution in [0.4, 0.5) is 0 Å². The van der Waals surface area contributed by atoms with E-state index in [0.29, 0.717) is 0 Å². The van der Waals surface area contributed by atoms with E-state index in [1.165, 1.54) is 4.90 Å². The summed E-state index contributed by atoms with van der Waals surface area (Å²) in [7, 11) is 0. The number of carbonyl (C=O) groups is 2. The highest BCUT2D eigenvalue weighted by molar-refractivity contribution is 5.88. The van der Waals surface area contributed by atoms with Gasteiger partial charge in [0.1, 0.15) is 6.04 Å². The van der Waals surface area contributed by atoms with Crippen molar-refractivity contribution in [1.29, 1.82) is 0 Å². The van der Waals surface area contributed by atoms with E-state index in [1.807, 2.05) is 13.8 Å². The molecule has 0 bridgehead atoms. The maximum atomic E-state index is 12.0.